The molecular formula is C14H18N4. The Labute approximate surface area is 107 Å². The second-order valence-electron chi connectivity index (χ2n) is 4.94. The lowest BCUT2D eigenvalue weighted by Gasteiger charge is -2.29. The molecule has 1 aliphatic rings. The molecule has 0 aliphatic heterocycles. The minimum absolute atomic E-state index is 0.229. The number of aromatic nitrogens is 2. The van der Waals surface area contributed by atoms with E-state index in [2.05, 4.69) is 15.3 Å². The summed E-state index contributed by atoms with van der Waals surface area (Å²) in [6.07, 6.45) is 6.49. The summed E-state index contributed by atoms with van der Waals surface area (Å²) in [6, 6.07) is 8.46. The van der Waals surface area contributed by atoms with Gasteiger partial charge < -0.3 is 11.1 Å². The number of benzene rings is 1. The lowest BCUT2D eigenvalue weighted by molar-refractivity contribution is 0.403. The fourth-order valence-electron chi connectivity index (χ4n) is 2.56. The summed E-state index contributed by atoms with van der Waals surface area (Å²) in [7, 11) is 0. The van der Waals surface area contributed by atoms with E-state index in [1.165, 1.54) is 12.8 Å². The molecule has 0 unspecified atom stereocenters. The number of fused-ring (bicyclic) bond motifs is 1. The number of rotatable bonds is 2. The Kier molecular flexibility index (Phi) is 3.11. The van der Waals surface area contributed by atoms with Crippen LogP contribution in [0.15, 0.2) is 30.5 Å². The molecule has 1 heterocycles. The van der Waals surface area contributed by atoms with Crippen LogP contribution in [0.3, 0.4) is 0 Å². The van der Waals surface area contributed by atoms with Gasteiger partial charge in [0.25, 0.3) is 0 Å². The Morgan fingerprint density at radius 2 is 1.89 bits per heavy atom. The second-order valence-corrected chi connectivity index (χ2v) is 4.94. The molecule has 18 heavy (non-hydrogen) atoms. The summed E-state index contributed by atoms with van der Waals surface area (Å²) < 4.78 is 0. The Morgan fingerprint density at radius 1 is 1.11 bits per heavy atom. The minimum atomic E-state index is 0.229. The third-order valence-corrected chi connectivity index (χ3v) is 3.60. The predicted octanol–water partition coefficient (Wildman–Crippen LogP) is 2.31. The number of para-hydroxylation sites is 2. The largest absolute Gasteiger partial charge is 0.364 e. The van der Waals surface area contributed by atoms with Crippen LogP contribution in [-0.2, 0) is 0 Å². The van der Waals surface area contributed by atoms with Gasteiger partial charge in [0.1, 0.15) is 5.82 Å². The second kappa shape index (κ2) is 4.90. The highest BCUT2D eigenvalue weighted by molar-refractivity contribution is 5.75. The van der Waals surface area contributed by atoms with Gasteiger partial charge in [0.05, 0.1) is 17.2 Å². The lowest BCUT2D eigenvalue weighted by atomic mass is 9.91. The highest BCUT2D eigenvalue weighted by Crippen LogP contribution is 2.20. The Morgan fingerprint density at radius 3 is 2.72 bits per heavy atom. The molecule has 1 aromatic heterocycles. The molecule has 3 N–H and O–H groups in total. The molecule has 1 aromatic carbocycles. The van der Waals surface area contributed by atoms with Crippen molar-refractivity contribution < 1.29 is 0 Å². The van der Waals surface area contributed by atoms with Crippen LogP contribution in [0.4, 0.5) is 5.82 Å². The van der Waals surface area contributed by atoms with Crippen molar-refractivity contribution in [3.63, 3.8) is 0 Å². The van der Waals surface area contributed by atoms with E-state index in [1.54, 1.807) is 6.20 Å². The summed E-state index contributed by atoms with van der Waals surface area (Å²) in [5, 5.41) is 3.42. The standard InChI is InChI=1S/C14H18N4/c15-10-5-1-2-6-11(10)17-14-9-16-12-7-3-4-8-13(12)18-14/h3-4,7-11H,1-2,5-6,15H2,(H,17,18)/t10-,11+/m1/s1. The predicted molar refractivity (Wildman–Crippen MR) is 73.4 cm³/mol. The number of anilines is 1. The summed E-state index contributed by atoms with van der Waals surface area (Å²) in [6.45, 7) is 0. The number of nitrogens with two attached hydrogens (primary N) is 1. The SMILES string of the molecule is N[C@@H]1CCCC[C@@H]1Nc1cnc2ccccc2n1. The van der Waals surface area contributed by atoms with Gasteiger partial charge in [-0.2, -0.15) is 0 Å². The molecule has 4 nitrogen and oxygen atoms in total. The highest BCUT2D eigenvalue weighted by Gasteiger charge is 2.21. The van der Waals surface area contributed by atoms with Gasteiger partial charge in [-0.1, -0.05) is 25.0 Å². The van der Waals surface area contributed by atoms with Crippen LogP contribution in [0.1, 0.15) is 25.7 Å². The van der Waals surface area contributed by atoms with E-state index in [1.807, 2.05) is 24.3 Å². The smallest absolute Gasteiger partial charge is 0.145 e. The van der Waals surface area contributed by atoms with Crippen LogP contribution in [-0.4, -0.2) is 22.1 Å². The monoisotopic (exact) mass is 242 g/mol. The average Bonchev–Trinajstić information content (AvgIpc) is 2.41. The van der Waals surface area contributed by atoms with Crippen molar-refractivity contribution in [2.75, 3.05) is 5.32 Å². The van der Waals surface area contributed by atoms with Gasteiger partial charge in [0.2, 0.25) is 0 Å². The van der Waals surface area contributed by atoms with Crippen molar-refractivity contribution in [3.8, 4) is 0 Å². The van der Waals surface area contributed by atoms with E-state index in [9.17, 15) is 0 Å². The zero-order valence-electron chi connectivity index (χ0n) is 10.3. The molecule has 2 aromatic rings. The van der Waals surface area contributed by atoms with Gasteiger partial charge in [0.15, 0.2) is 0 Å². The van der Waals surface area contributed by atoms with Gasteiger partial charge in [0, 0.05) is 12.1 Å². The molecule has 1 aliphatic carbocycles. The highest BCUT2D eigenvalue weighted by atomic mass is 15.1. The van der Waals surface area contributed by atoms with Crippen molar-refractivity contribution in [1.29, 1.82) is 0 Å². The maximum atomic E-state index is 6.13. The van der Waals surface area contributed by atoms with Crippen LogP contribution < -0.4 is 11.1 Å². The van der Waals surface area contributed by atoms with Gasteiger partial charge in [-0.05, 0) is 25.0 Å². The molecule has 0 bridgehead atoms. The van der Waals surface area contributed by atoms with E-state index in [0.29, 0.717) is 6.04 Å². The average molecular weight is 242 g/mol. The number of hydrogen-bond donors (Lipinski definition) is 2. The fraction of sp³-hybridized carbons (Fsp3) is 0.429. The third kappa shape index (κ3) is 2.29. The van der Waals surface area contributed by atoms with Gasteiger partial charge in [-0.25, -0.2) is 4.98 Å². The first-order valence-electron chi connectivity index (χ1n) is 6.57. The van der Waals surface area contributed by atoms with Crippen LogP contribution in [0, 0.1) is 0 Å². The first-order valence-corrected chi connectivity index (χ1v) is 6.57. The van der Waals surface area contributed by atoms with Crippen LogP contribution in [0.25, 0.3) is 11.0 Å². The van der Waals surface area contributed by atoms with E-state index in [0.717, 1.165) is 29.7 Å². The third-order valence-electron chi connectivity index (χ3n) is 3.60. The normalized spacial score (nSPS) is 24.1. The molecule has 1 saturated carbocycles. The van der Waals surface area contributed by atoms with Gasteiger partial charge in [-0.3, -0.25) is 4.98 Å². The molecule has 0 amide bonds. The minimum Gasteiger partial charge on any atom is -0.364 e. The Balaban J connectivity index is 1.81. The van der Waals surface area contributed by atoms with E-state index in [4.69, 9.17) is 5.73 Å². The Hall–Kier alpha value is -1.68. The van der Waals surface area contributed by atoms with Crippen molar-refractivity contribution in [2.24, 2.45) is 5.73 Å². The molecule has 0 saturated heterocycles. The zero-order chi connectivity index (χ0) is 12.4. The topological polar surface area (TPSA) is 63.8 Å². The van der Waals surface area contributed by atoms with Crippen LogP contribution in [0.2, 0.25) is 0 Å². The van der Waals surface area contributed by atoms with Gasteiger partial charge >= 0.3 is 0 Å². The van der Waals surface area contributed by atoms with Crippen molar-refractivity contribution in [1.82, 2.24) is 9.97 Å². The number of hydrogen-bond acceptors (Lipinski definition) is 4. The first-order chi connectivity index (χ1) is 8.83. The number of nitrogens with one attached hydrogen (secondary N) is 1. The molecule has 3 rings (SSSR count). The van der Waals surface area contributed by atoms with E-state index in [-0.39, 0.29) is 6.04 Å². The molecule has 4 heteroatoms. The van der Waals surface area contributed by atoms with Crippen molar-refractivity contribution >= 4 is 16.9 Å². The summed E-state index contributed by atoms with van der Waals surface area (Å²) in [5.41, 5.74) is 7.98. The molecular weight excluding hydrogens is 224 g/mol. The molecule has 0 radical (unpaired) electrons. The van der Waals surface area contributed by atoms with Crippen molar-refractivity contribution in [2.45, 2.75) is 37.8 Å². The molecule has 1 fully saturated rings. The van der Waals surface area contributed by atoms with Crippen molar-refractivity contribution in [3.05, 3.63) is 30.5 Å². The fourth-order valence-corrected chi connectivity index (χ4v) is 2.56. The van der Waals surface area contributed by atoms with Crippen LogP contribution in [0.5, 0.6) is 0 Å². The summed E-state index contributed by atoms with van der Waals surface area (Å²) in [5.74, 6) is 0.830. The van der Waals surface area contributed by atoms with Crippen LogP contribution >= 0.6 is 0 Å². The lowest BCUT2D eigenvalue weighted by Crippen LogP contribution is -2.42. The van der Waals surface area contributed by atoms with E-state index >= 15 is 0 Å². The number of nitrogens with zero attached hydrogens (tertiary/aromatic N) is 2. The van der Waals surface area contributed by atoms with Gasteiger partial charge in [-0.15, -0.1) is 0 Å². The first kappa shape index (κ1) is 11.4. The zero-order valence-corrected chi connectivity index (χ0v) is 10.3. The molecule has 94 valence electrons. The maximum Gasteiger partial charge on any atom is 0.145 e. The summed E-state index contributed by atoms with van der Waals surface area (Å²) in [4.78, 5) is 8.98. The Bertz CT molecular complexity index is 540. The molecule has 0 spiro atoms. The molecule has 2 atom stereocenters. The quantitative estimate of drug-likeness (QED) is 0.848. The summed E-state index contributed by atoms with van der Waals surface area (Å²) >= 11 is 0. The van der Waals surface area contributed by atoms with E-state index < -0.39 is 0 Å². The maximum absolute atomic E-state index is 6.13.